The Morgan fingerprint density at radius 1 is 1.42 bits per heavy atom. The molecule has 0 aliphatic heterocycles. The van der Waals surface area contributed by atoms with E-state index < -0.39 is 10.0 Å². The molecule has 2 aromatic heterocycles. The first-order valence-corrected chi connectivity index (χ1v) is 8.75. The van der Waals surface area contributed by atoms with Crippen LogP contribution in [0.1, 0.15) is 17.4 Å². The number of nitrogens with zero attached hydrogens (tertiary/aromatic N) is 1. The van der Waals surface area contributed by atoms with E-state index in [1.165, 1.54) is 17.5 Å². The smallest absolute Gasteiger partial charge is 0.271 e. The second-order valence-electron chi connectivity index (χ2n) is 4.01. The average molecular weight is 361 g/mol. The zero-order valence-corrected chi connectivity index (χ0v) is 13.7. The molecule has 0 aliphatic rings. The van der Waals surface area contributed by atoms with Crippen LogP contribution in [0.4, 0.5) is 5.69 Å². The molecule has 19 heavy (non-hydrogen) atoms. The molecule has 0 saturated heterocycles. The van der Waals surface area contributed by atoms with Crippen LogP contribution in [0.2, 0.25) is 0 Å². The minimum atomic E-state index is -3.52. The highest BCUT2D eigenvalue weighted by molar-refractivity contribution is 9.10. The van der Waals surface area contributed by atoms with E-state index in [4.69, 9.17) is 0 Å². The Labute approximate surface area is 125 Å². The molecular weight excluding hydrogens is 348 g/mol. The summed E-state index contributed by atoms with van der Waals surface area (Å²) in [7, 11) is -3.52. The van der Waals surface area contributed by atoms with Crippen molar-refractivity contribution in [3.63, 3.8) is 0 Å². The Morgan fingerprint density at radius 2 is 2.16 bits per heavy atom. The van der Waals surface area contributed by atoms with Crippen molar-refractivity contribution in [1.29, 1.82) is 0 Å². The van der Waals surface area contributed by atoms with Crippen molar-refractivity contribution in [2.75, 3.05) is 4.72 Å². The molecule has 0 amide bonds. The summed E-state index contributed by atoms with van der Waals surface area (Å²) in [5.74, 6) is 0. The molecule has 7 heteroatoms. The fourth-order valence-corrected chi connectivity index (χ4v) is 4.06. The van der Waals surface area contributed by atoms with E-state index in [1.807, 2.05) is 19.9 Å². The van der Waals surface area contributed by atoms with Crippen LogP contribution in [-0.2, 0) is 16.4 Å². The fourth-order valence-electron chi connectivity index (χ4n) is 1.51. The largest absolute Gasteiger partial charge is 0.277 e. The van der Waals surface area contributed by atoms with Gasteiger partial charge in [-0.1, -0.05) is 6.92 Å². The summed E-state index contributed by atoms with van der Waals surface area (Å²) < 4.78 is 27.9. The molecule has 102 valence electrons. The van der Waals surface area contributed by atoms with Crippen LogP contribution in [-0.4, -0.2) is 13.4 Å². The van der Waals surface area contributed by atoms with Crippen molar-refractivity contribution in [3.05, 3.63) is 39.4 Å². The fraction of sp³-hybridized carbons (Fsp3) is 0.250. The maximum Gasteiger partial charge on any atom is 0.271 e. The van der Waals surface area contributed by atoms with E-state index in [1.54, 1.807) is 12.1 Å². The zero-order chi connectivity index (χ0) is 14.0. The van der Waals surface area contributed by atoms with Gasteiger partial charge in [0.15, 0.2) is 0 Å². The first-order valence-electron chi connectivity index (χ1n) is 5.66. The minimum absolute atomic E-state index is 0.324. The highest BCUT2D eigenvalue weighted by atomic mass is 79.9. The zero-order valence-electron chi connectivity index (χ0n) is 10.5. The van der Waals surface area contributed by atoms with Gasteiger partial charge in [-0.05, 0) is 53.0 Å². The lowest BCUT2D eigenvalue weighted by molar-refractivity contribution is 0.603. The minimum Gasteiger partial charge on any atom is -0.277 e. The van der Waals surface area contributed by atoms with Gasteiger partial charge in [-0.25, -0.2) is 13.4 Å². The molecule has 0 spiro atoms. The molecule has 1 N–H and O–H groups in total. The molecule has 2 heterocycles. The Kier molecular flexibility index (Phi) is 4.27. The number of hydrogen-bond donors (Lipinski definition) is 1. The predicted molar refractivity (Wildman–Crippen MR) is 81.2 cm³/mol. The molecule has 2 rings (SSSR count). The average Bonchev–Trinajstić information content (AvgIpc) is 2.83. The number of anilines is 1. The normalized spacial score (nSPS) is 11.5. The van der Waals surface area contributed by atoms with E-state index in [0.29, 0.717) is 14.5 Å². The number of sulfonamides is 1. The summed E-state index contributed by atoms with van der Waals surface area (Å²) in [6.07, 6.45) is 2.32. The first-order chi connectivity index (χ1) is 8.92. The Balaban J connectivity index is 2.28. The van der Waals surface area contributed by atoms with Gasteiger partial charge < -0.3 is 0 Å². The van der Waals surface area contributed by atoms with Gasteiger partial charge in [0.05, 0.1) is 11.9 Å². The molecule has 0 radical (unpaired) electrons. The van der Waals surface area contributed by atoms with Crippen LogP contribution >= 0.6 is 27.3 Å². The summed E-state index contributed by atoms with van der Waals surface area (Å²) in [6, 6.07) is 5.21. The first kappa shape index (κ1) is 14.5. The van der Waals surface area contributed by atoms with Gasteiger partial charge in [-0.2, -0.15) is 0 Å². The van der Waals surface area contributed by atoms with Crippen LogP contribution < -0.4 is 4.72 Å². The van der Waals surface area contributed by atoms with Crippen molar-refractivity contribution in [1.82, 2.24) is 4.98 Å². The van der Waals surface area contributed by atoms with E-state index in [-0.39, 0.29) is 0 Å². The second-order valence-corrected chi connectivity index (χ2v) is 7.84. The molecule has 0 aromatic carbocycles. The van der Waals surface area contributed by atoms with E-state index in [2.05, 4.69) is 25.6 Å². The summed E-state index contributed by atoms with van der Waals surface area (Å²) in [4.78, 5) is 5.12. The van der Waals surface area contributed by atoms with Gasteiger partial charge in [0.1, 0.15) is 8.81 Å². The van der Waals surface area contributed by atoms with Crippen LogP contribution in [0.3, 0.4) is 0 Å². The van der Waals surface area contributed by atoms with Gasteiger partial charge in [-0.3, -0.25) is 4.72 Å². The van der Waals surface area contributed by atoms with Crippen molar-refractivity contribution in [2.45, 2.75) is 24.5 Å². The third-order valence-corrected chi connectivity index (χ3v) is 6.45. The number of hydrogen-bond acceptors (Lipinski definition) is 4. The van der Waals surface area contributed by atoms with Crippen molar-refractivity contribution in [3.8, 4) is 0 Å². The lowest BCUT2D eigenvalue weighted by atomic mass is 10.3. The second kappa shape index (κ2) is 5.60. The summed E-state index contributed by atoms with van der Waals surface area (Å²) in [5.41, 5.74) is 1.34. The molecule has 2 aromatic rings. The van der Waals surface area contributed by atoms with Gasteiger partial charge in [0.25, 0.3) is 10.0 Å². The summed E-state index contributed by atoms with van der Waals surface area (Å²) >= 11 is 4.57. The Hall–Kier alpha value is -0.920. The number of rotatable bonds is 4. The number of halogens is 1. The standard InChI is InChI=1S/C12H13BrN2O2S2/c1-3-10-4-5-11(18-10)19(16,17)15-9-6-8(2)12(13)14-7-9/h4-7,15H,3H2,1-2H3. The molecule has 0 saturated carbocycles. The number of aromatic nitrogens is 1. The molecule has 0 atom stereocenters. The molecule has 4 nitrogen and oxygen atoms in total. The third kappa shape index (κ3) is 3.34. The highest BCUT2D eigenvalue weighted by Crippen LogP contribution is 2.25. The molecule has 0 unspecified atom stereocenters. The van der Waals surface area contributed by atoms with Crippen molar-refractivity contribution in [2.24, 2.45) is 0 Å². The summed E-state index contributed by atoms with van der Waals surface area (Å²) in [6.45, 7) is 3.85. The quantitative estimate of drug-likeness (QED) is 0.847. The molecule has 0 aliphatic carbocycles. The van der Waals surface area contributed by atoms with E-state index in [9.17, 15) is 8.42 Å². The SMILES string of the molecule is CCc1ccc(S(=O)(=O)Nc2cnc(Br)c(C)c2)s1. The Morgan fingerprint density at radius 3 is 2.74 bits per heavy atom. The number of aryl methyl sites for hydroxylation is 2. The van der Waals surface area contributed by atoms with E-state index >= 15 is 0 Å². The van der Waals surface area contributed by atoms with Gasteiger partial charge in [-0.15, -0.1) is 11.3 Å². The van der Waals surface area contributed by atoms with Gasteiger partial charge in [0, 0.05) is 4.88 Å². The lowest BCUT2D eigenvalue weighted by Crippen LogP contribution is -2.11. The molecular formula is C12H13BrN2O2S2. The number of thiophene rings is 1. The van der Waals surface area contributed by atoms with Crippen molar-refractivity contribution >= 4 is 43.0 Å². The van der Waals surface area contributed by atoms with Crippen LogP contribution in [0.5, 0.6) is 0 Å². The monoisotopic (exact) mass is 360 g/mol. The predicted octanol–water partition coefficient (Wildman–Crippen LogP) is 3.58. The van der Waals surface area contributed by atoms with E-state index in [0.717, 1.165) is 16.9 Å². The van der Waals surface area contributed by atoms with Crippen LogP contribution in [0.15, 0.2) is 33.2 Å². The van der Waals surface area contributed by atoms with Crippen molar-refractivity contribution < 1.29 is 8.42 Å². The Bertz CT molecular complexity index is 696. The molecule has 0 fully saturated rings. The van der Waals surface area contributed by atoms with Crippen LogP contribution in [0.25, 0.3) is 0 Å². The number of nitrogens with one attached hydrogen (secondary N) is 1. The van der Waals surface area contributed by atoms with Gasteiger partial charge >= 0.3 is 0 Å². The maximum atomic E-state index is 12.2. The topological polar surface area (TPSA) is 59.1 Å². The number of pyridine rings is 1. The van der Waals surface area contributed by atoms with Gasteiger partial charge in [0.2, 0.25) is 0 Å². The third-order valence-electron chi connectivity index (χ3n) is 2.52. The highest BCUT2D eigenvalue weighted by Gasteiger charge is 2.17. The lowest BCUT2D eigenvalue weighted by Gasteiger charge is -2.07. The maximum absolute atomic E-state index is 12.2. The molecule has 0 bridgehead atoms. The summed E-state index contributed by atoms with van der Waals surface area (Å²) in [5, 5.41) is 0. The van der Waals surface area contributed by atoms with Crippen LogP contribution in [0, 0.1) is 6.92 Å².